The van der Waals surface area contributed by atoms with Crippen molar-refractivity contribution in [3.63, 3.8) is 0 Å². The molecule has 0 aliphatic carbocycles. The van der Waals surface area contributed by atoms with Crippen molar-refractivity contribution in [2.75, 3.05) is 41.7 Å². The molecule has 1 saturated heterocycles. The number of halogens is 2. The van der Waals surface area contributed by atoms with Crippen molar-refractivity contribution in [2.45, 2.75) is 39.0 Å². The quantitative estimate of drug-likeness (QED) is 0.151. The number of amides is 2. The Balaban J connectivity index is 1.18. The lowest BCUT2D eigenvalue weighted by atomic mass is 9.72. The van der Waals surface area contributed by atoms with Crippen LogP contribution in [0.4, 0.5) is 27.0 Å². The number of benzene rings is 3. The zero-order valence-electron chi connectivity index (χ0n) is 27.8. The summed E-state index contributed by atoms with van der Waals surface area (Å²) >= 11 is 15.3. The predicted molar refractivity (Wildman–Crippen MR) is 207 cm³/mol. The summed E-state index contributed by atoms with van der Waals surface area (Å²) in [6, 6.07) is 20.3. The van der Waals surface area contributed by atoms with Crippen LogP contribution in [0.25, 0.3) is 31.1 Å². The van der Waals surface area contributed by atoms with E-state index >= 15 is 0 Å². The van der Waals surface area contributed by atoms with Crippen LogP contribution < -0.4 is 15.5 Å². The number of fused-ring (bicyclic) bond motifs is 4. The fraction of sp³-hybridized carbons (Fsp3) is 0.297. The Morgan fingerprint density at radius 1 is 0.940 bits per heavy atom. The van der Waals surface area contributed by atoms with Gasteiger partial charge < -0.3 is 20.2 Å². The molecular formula is C37H35Cl2N7O2S2. The van der Waals surface area contributed by atoms with Crippen molar-refractivity contribution in [1.29, 1.82) is 0 Å². The Kier molecular flexibility index (Phi) is 8.39. The van der Waals surface area contributed by atoms with E-state index in [9.17, 15) is 9.90 Å². The molecular weight excluding hydrogens is 709 g/mol. The van der Waals surface area contributed by atoms with Gasteiger partial charge in [0.05, 0.1) is 27.3 Å². The van der Waals surface area contributed by atoms with Gasteiger partial charge in [-0.1, -0.05) is 67.4 Å². The minimum Gasteiger partial charge on any atom is -0.506 e. The molecule has 6 aromatic rings. The molecule has 0 bridgehead atoms. The molecule has 2 amide bonds. The molecule has 0 saturated carbocycles. The van der Waals surface area contributed by atoms with Crippen LogP contribution in [0.2, 0.25) is 10.2 Å². The maximum Gasteiger partial charge on any atom is 0.325 e. The summed E-state index contributed by atoms with van der Waals surface area (Å²) < 4.78 is 1.02. The standard InChI is InChI=1S/C37H35Cl2N7O2S2/c1-36(2,3)19-45-16-14-37(15-17-45)20-46(31-27(47)12-9-22(30(31)37)32-40-24-10-8-21(38)18-28(24)49-32)26-7-5-4-6-23(26)41-34(48)44-35-42-25-11-13-29(39)43-33(25)50-35/h4-13,18,47H,14-17,19-20H2,1-3H3,(H2,41,42,44,48). The molecule has 9 nitrogen and oxygen atoms in total. The molecule has 1 fully saturated rings. The van der Waals surface area contributed by atoms with Crippen LogP contribution in [0.3, 0.4) is 0 Å². The largest absolute Gasteiger partial charge is 0.506 e. The van der Waals surface area contributed by atoms with Crippen molar-refractivity contribution in [2.24, 2.45) is 5.41 Å². The molecule has 1 spiro atoms. The van der Waals surface area contributed by atoms with Crippen molar-refractivity contribution >= 4 is 94.7 Å². The molecule has 3 N–H and O–H groups in total. The predicted octanol–water partition coefficient (Wildman–Crippen LogP) is 10.2. The number of phenols is 1. The molecule has 50 heavy (non-hydrogen) atoms. The van der Waals surface area contributed by atoms with E-state index in [2.05, 4.69) is 51.2 Å². The van der Waals surface area contributed by atoms with Gasteiger partial charge in [-0.25, -0.2) is 19.7 Å². The van der Waals surface area contributed by atoms with E-state index in [1.807, 2.05) is 48.5 Å². The molecule has 2 aliphatic heterocycles. The number of pyridine rings is 1. The van der Waals surface area contributed by atoms with Crippen LogP contribution >= 0.6 is 45.9 Å². The van der Waals surface area contributed by atoms with E-state index in [-0.39, 0.29) is 16.6 Å². The maximum atomic E-state index is 13.4. The number of likely N-dealkylation sites (tertiary alicyclic amines) is 1. The van der Waals surface area contributed by atoms with Gasteiger partial charge in [0.15, 0.2) is 5.13 Å². The Labute approximate surface area is 307 Å². The smallest absolute Gasteiger partial charge is 0.325 e. The highest BCUT2D eigenvalue weighted by Crippen LogP contribution is 2.57. The molecule has 3 aromatic heterocycles. The number of nitrogens with one attached hydrogen (secondary N) is 2. The number of piperidine rings is 1. The number of aromatic hydroxyl groups is 1. The third-order valence-electron chi connectivity index (χ3n) is 9.39. The Hall–Kier alpha value is -4.00. The van der Waals surface area contributed by atoms with Crippen molar-refractivity contribution in [1.82, 2.24) is 19.9 Å². The van der Waals surface area contributed by atoms with E-state index in [0.29, 0.717) is 37.9 Å². The first-order valence-corrected chi connectivity index (χ1v) is 18.9. The Bertz CT molecular complexity index is 2270. The van der Waals surface area contributed by atoms with Crippen LogP contribution in [0, 0.1) is 5.41 Å². The van der Waals surface area contributed by atoms with Gasteiger partial charge in [0.2, 0.25) is 0 Å². The van der Waals surface area contributed by atoms with Crippen molar-refractivity contribution < 1.29 is 9.90 Å². The highest BCUT2D eigenvalue weighted by molar-refractivity contribution is 7.22. The lowest BCUT2D eigenvalue weighted by Crippen LogP contribution is -2.47. The minimum atomic E-state index is -0.432. The SMILES string of the molecule is CC(C)(C)CN1CCC2(CC1)CN(c1ccccc1NC(=O)Nc1nc3ccc(Cl)nc3s1)c1c(O)ccc(-c3nc4ccc(Cl)cc4s3)c12. The number of rotatable bonds is 5. The van der Waals surface area contributed by atoms with Gasteiger partial charge in [-0.15, -0.1) is 11.3 Å². The number of thiazole rings is 2. The van der Waals surface area contributed by atoms with Crippen molar-refractivity contribution in [3.05, 3.63) is 82.5 Å². The number of carbonyl (C=O) groups excluding carboxylic acids is 1. The molecule has 13 heteroatoms. The number of carbonyl (C=O) groups is 1. The van der Waals surface area contributed by atoms with Gasteiger partial charge in [-0.2, -0.15) is 0 Å². The van der Waals surface area contributed by atoms with Gasteiger partial charge in [-0.05, 0) is 91.5 Å². The minimum absolute atomic E-state index is 0.190. The molecule has 0 radical (unpaired) electrons. The fourth-order valence-electron chi connectivity index (χ4n) is 7.38. The summed E-state index contributed by atoms with van der Waals surface area (Å²) in [4.78, 5) is 32.6. The van der Waals surface area contributed by atoms with Crippen LogP contribution in [0.1, 0.15) is 39.2 Å². The first kappa shape index (κ1) is 33.2. The Morgan fingerprint density at radius 2 is 1.72 bits per heavy atom. The third-order valence-corrected chi connectivity index (χ3v) is 11.8. The number of aromatic nitrogens is 3. The van der Waals surface area contributed by atoms with E-state index in [1.54, 1.807) is 29.5 Å². The number of urea groups is 1. The summed E-state index contributed by atoms with van der Waals surface area (Å²) in [5.74, 6) is 0.196. The van der Waals surface area contributed by atoms with Crippen LogP contribution in [0.5, 0.6) is 5.75 Å². The van der Waals surface area contributed by atoms with Gasteiger partial charge in [0, 0.05) is 29.1 Å². The lowest BCUT2D eigenvalue weighted by molar-refractivity contribution is 0.125. The number of para-hydroxylation sites is 2. The Morgan fingerprint density at radius 3 is 2.52 bits per heavy atom. The van der Waals surface area contributed by atoms with Gasteiger partial charge in [0.1, 0.15) is 26.3 Å². The van der Waals surface area contributed by atoms with E-state index in [0.717, 1.165) is 70.2 Å². The average Bonchev–Trinajstić information content (AvgIpc) is 3.76. The molecule has 5 heterocycles. The average molecular weight is 745 g/mol. The molecule has 256 valence electrons. The molecule has 2 aliphatic rings. The molecule has 0 atom stereocenters. The van der Waals surface area contributed by atoms with E-state index in [4.69, 9.17) is 28.2 Å². The summed E-state index contributed by atoms with van der Waals surface area (Å²) in [6.07, 6.45) is 1.84. The molecule has 3 aromatic carbocycles. The van der Waals surface area contributed by atoms with Gasteiger partial charge >= 0.3 is 6.03 Å². The highest BCUT2D eigenvalue weighted by atomic mass is 35.5. The van der Waals surface area contributed by atoms with Crippen LogP contribution in [-0.2, 0) is 5.41 Å². The first-order chi connectivity index (χ1) is 23.9. The number of hydrogen-bond donors (Lipinski definition) is 3. The van der Waals surface area contributed by atoms with Crippen LogP contribution in [-0.4, -0.2) is 57.2 Å². The van der Waals surface area contributed by atoms with Crippen molar-refractivity contribution in [3.8, 4) is 16.3 Å². The second kappa shape index (κ2) is 12.6. The van der Waals surface area contributed by atoms with Gasteiger partial charge in [0.25, 0.3) is 0 Å². The fourth-order valence-corrected chi connectivity index (χ4v) is 9.68. The number of anilines is 4. The van der Waals surface area contributed by atoms with Crippen LogP contribution in [0.15, 0.2) is 66.7 Å². The number of hydrogen-bond acceptors (Lipinski definition) is 9. The highest BCUT2D eigenvalue weighted by Gasteiger charge is 2.49. The topological polar surface area (TPSA) is 107 Å². The number of nitrogens with zero attached hydrogens (tertiary/aromatic N) is 5. The normalized spacial score (nSPS) is 16.0. The third kappa shape index (κ3) is 6.26. The second-order valence-electron chi connectivity index (χ2n) is 14.3. The summed E-state index contributed by atoms with van der Waals surface area (Å²) in [6.45, 7) is 10.4. The zero-order valence-corrected chi connectivity index (χ0v) is 30.9. The summed E-state index contributed by atoms with van der Waals surface area (Å²) in [5, 5.41) is 19.9. The second-order valence-corrected chi connectivity index (χ2v) is 17.1. The molecule has 0 unspecified atom stereocenters. The summed E-state index contributed by atoms with van der Waals surface area (Å²) in [7, 11) is 0. The monoisotopic (exact) mass is 743 g/mol. The van der Waals surface area contributed by atoms with Gasteiger partial charge in [-0.3, -0.25) is 5.32 Å². The maximum absolute atomic E-state index is 13.4. The zero-order chi connectivity index (χ0) is 34.8. The number of phenolic OH excluding ortho intramolecular Hbond substituents is 1. The van der Waals surface area contributed by atoms with E-state index in [1.165, 1.54) is 11.3 Å². The molecule has 8 rings (SSSR count). The van der Waals surface area contributed by atoms with E-state index < -0.39 is 6.03 Å². The lowest BCUT2D eigenvalue weighted by Gasteiger charge is -2.42. The summed E-state index contributed by atoms with van der Waals surface area (Å²) in [5.41, 5.74) is 5.78. The first-order valence-electron chi connectivity index (χ1n) is 16.5.